The number of nitrogens with zero attached hydrogens (tertiary/aromatic N) is 3. The molecule has 0 radical (unpaired) electrons. The fourth-order valence-corrected chi connectivity index (χ4v) is 3.72. The Kier molecular flexibility index (Phi) is 6.06. The number of rotatable bonds is 6. The second-order valence-corrected chi connectivity index (χ2v) is 7.45. The topological polar surface area (TPSA) is 88.2 Å². The van der Waals surface area contributed by atoms with Crippen LogP contribution in [0.5, 0.6) is 5.75 Å². The second-order valence-electron chi connectivity index (χ2n) is 7.45. The van der Waals surface area contributed by atoms with Crippen LogP contribution in [0.2, 0.25) is 0 Å². The molecule has 8 heteroatoms. The summed E-state index contributed by atoms with van der Waals surface area (Å²) in [6.45, 7) is 2.77. The lowest BCUT2D eigenvalue weighted by molar-refractivity contribution is -0.137. The number of carbonyl (C=O) groups is 1. The normalized spacial score (nSPS) is 16.8. The van der Waals surface area contributed by atoms with Crippen molar-refractivity contribution in [2.45, 2.75) is 31.8 Å². The first kappa shape index (κ1) is 20.7. The Bertz CT molecular complexity index is 1120. The van der Waals surface area contributed by atoms with Crippen LogP contribution in [0.3, 0.4) is 0 Å². The summed E-state index contributed by atoms with van der Waals surface area (Å²) in [5.41, 5.74) is 0.948. The van der Waals surface area contributed by atoms with Crippen LogP contribution >= 0.6 is 0 Å². The van der Waals surface area contributed by atoms with Crippen molar-refractivity contribution in [1.29, 1.82) is 0 Å². The van der Waals surface area contributed by atoms with Crippen molar-refractivity contribution in [2.24, 2.45) is 0 Å². The molecule has 3 heterocycles. The molecular weight excluding hydrogens is 399 g/mol. The predicted octanol–water partition coefficient (Wildman–Crippen LogP) is 3.14. The van der Waals surface area contributed by atoms with Crippen molar-refractivity contribution in [1.82, 2.24) is 19.9 Å². The first-order valence-electron chi connectivity index (χ1n) is 10.3. The third kappa shape index (κ3) is 4.63. The van der Waals surface area contributed by atoms with Crippen molar-refractivity contribution >= 4 is 5.91 Å². The van der Waals surface area contributed by atoms with Gasteiger partial charge in [-0.25, -0.2) is 9.37 Å². The molecule has 2 atom stereocenters. The Morgan fingerprint density at radius 2 is 2.10 bits per heavy atom. The van der Waals surface area contributed by atoms with Gasteiger partial charge in [-0.3, -0.25) is 14.6 Å². The van der Waals surface area contributed by atoms with Crippen LogP contribution < -0.4 is 10.3 Å². The van der Waals surface area contributed by atoms with Gasteiger partial charge in [-0.2, -0.15) is 0 Å². The molecule has 0 bridgehead atoms. The van der Waals surface area contributed by atoms with E-state index in [1.165, 1.54) is 18.2 Å². The quantitative estimate of drug-likeness (QED) is 0.659. The van der Waals surface area contributed by atoms with Crippen LogP contribution in [0.15, 0.2) is 59.5 Å². The molecule has 2 aromatic heterocycles. The molecule has 3 aromatic rings. The number of likely N-dealkylation sites (tertiary alicyclic amines) is 1. The van der Waals surface area contributed by atoms with E-state index in [0.717, 1.165) is 0 Å². The molecule has 1 aliphatic heterocycles. The number of halogens is 1. The Hall–Kier alpha value is -3.55. The van der Waals surface area contributed by atoms with E-state index < -0.39 is 11.9 Å². The van der Waals surface area contributed by atoms with Gasteiger partial charge in [0.25, 0.3) is 11.5 Å². The largest absolute Gasteiger partial charge is 0.478 e. The highest BCUT2D eigenvalue weighted by molar-refractivity contribution is 5.81. The third-order valence-corrected chi connectivity index (χ3v) is 5.34. The number of hydrogen-bond acceptors (Lipinski definition) is 5. The molecule has 1 amide bonds. The van der Waals surface area contributed by atoms with Crippen molar-refractivity contribution < 1.29 is 13.9 Å². The maximum absolute atomic E-state index is 13.9. The fourth-order valence-electron chi connectivity index (χ4n) is 3.72. The molecule has 1 N–H and O–H groups in total. The van der Waals surface area contributed by atoms with Crippen LogP contribution in [-0.4, -0.2) is 45.0 Å². The van der Waals surface area contributed by atoms with E-state index in [0.29, 0.717) is 43.1 Å². The third-order valence-electron chi connectivity index (χ3n) is 5.34. The summed E-state index contributed by atoms with van der Waals surface area (Å²) in [5, 5.41) is 0. The van der Waals surface area contributed by atoms with Crippen molar-refractivity contribution in [3.8, 4) is 17.3 Å². The first-order valence-corrected chi connectivity index (χ1v) is 10.3. The molecule has 7 nitrogen and oxygen atoms in total. The minimum absolute atomic E-state index is 0.0645. The number of aromatic amines is 1. The van der Waals surface area contributed by atoms with Gasteiger partial charge >= 0.3 is 0 Å². The van der Waals surface area contributed by atoms with Gasteiger partial charge in [0.05, 0.1) is 5.69 Å². The lowest BCUT2D eigenvalue weighted by atomic mass is 10.0. The number of hydrogen-bond donors (Lipinski definition) is 1. The number of nitrogens with one attached hydrogen (secondary N) is 1. The van der Waals surface area contributed by atoms with E-state index in [1.807, 2.05) is 13.0 Å². The maximum Gasteiger partial charge on any atom is 0.263 e. The smallest absolute Gasteiger partial charge is 0.263 e. The van der Waals surface area contributed by atoms with Gasteiger partial charge in [-0.05, 0) is 37.1 Å². The summed E-state index contributed by atoms with van der Waals surface area (Å²) >= 11 is 0. The van der Waals surface area contributed by atoms with E-state index >= 15 is 0 Å². The van der Waals surface area contributed by atoms with Crippen molar-refractivity contribution in [3.05, 3.63) is 76.6 Å². The van der Waals surface area contributed by atoms with Gasteiger partial charge < -0.3 is 14.6 Å². The number of para-hydroxylation sites is 1. The zero-order valence-electron chi connectivity index (χ0n) is 17.1. The second kappa shape index (κ2) is 9.07. The first-order chi connectivity index (χ1) is 15.0. The maximum atomic E-state index is 13.9. The molecule has 0 aliphatic carbocycles. The van der Waals surface area contributed by atoms with E-state index in [1.54, 1.807) is 35.4 Å². The summed E-state index contributed by atoms with van der Waals surface area (Å²) < 4.78 is 19.6. The predicted molar refractivity (Wildman–Crippen MR) is 113 cm³/mol. The molecule has 1 fully saturated rings. The highest BCUT2D eigenvalue weighted by Crippen LogP contribution is 2.28. The Balaban J connectivity index is 1.49. The minimum atomic E-state index is -0.771. The standard InChI is InChI=1S/C23H23FN4O3/c1-2-19(31-20-9-4-3-7-16(20)24)23(30)28-12-10-15(14-28)18-13-21(29)27-22(26-18)17-8-5-6-11-25-17/h3-9,11,13,15,19H,2,10,12,14H2,1H3,(H,26,27,29)/t15-,19+/m0/s1. The summed E-state index contributed by atoms with van der Waals surface area (Å²) in [4.78, 5) is 38.4. The van der Waals surface area contributed by atoms with Gasteiger partial charge in [0.1, 0.15) is 5.69 Å². The Morgan fingerprint density at radius 1 is 1.29 bits per heavy atom. The van der Waals surface area contributed by atoms with E-state index in [2.05, 4.69) is 15.0 Å². The SMILES string of the molecule is CC[C@@H](Oc1ccccc1F)C(=O)N1CC[C@H](c2cc(=O)[nH]c(-c3ccccn3)n2)C1. The van der Waals surface area contributed by atoms with Crippen LogP contribution in [0.25, 0.3) is 11.5 Å². The number of benzene rings is 1. The van der Waals surface area contributed by atoms with E-state index in [4.69, 9.17) is 4.74 Å². The molecule has 31 heavy (non-hydrogen) atoms. The van der Waals surface area contributed by atoms with Crippen LogP contribution in [0.1, 0.15) is 31.4 Å². The highest BCUT2D eigenvalue weighted by Gasteiger charge is 2.33. The summed E-state index contributed by atoms with van der Waals surface area (Å²) in [5.74, 6) is -0.289. The van der Waals surface area contributed by atoms with Gasteiger partial charge in [-0.1, -0.05) is 25.1 Å². The fraction of sp³-hybridized carbons (Fsp3) is 0.304. The van der Waals surface area contributed by atoms with Gasteiger partial charge in [0, 0.05) is 31.3 Å². The highest BCUT2D eigenvalue weighted by atomic mass is 19.1. The van der Waals surface area contributed by atoms with Crippen LogP contribution in [0.4, 0.5) is 4.39 Å². The molecular formula is C23H23FN4O3. The van der Waals surface area contributed by atoms with E-state index in [-0.39, 0.29) is 23.1 Å². The number of H-pyrrole nitrogens is 1. The molecule has 0 saturated carbocycles. The van der Waals surface area contributed by atoms with E-state index in [9.17, 15) is 14.0 Å². The number of amides is 1. The zero-order chi connectivity index (χ0) is 21.8. The molecule has 0 spiro atoms. The number of carbonyl (C=O) groups excluding carboxylic acids is 1. The van der Waals surface area contributed by atoms with Crippen LogP contribution in [-0.2, 0) is 4.79 Å². The average Bonchev–Trinajstić information content (AvgIpc) is 3.29. The molecule has 160 valence electrons. The number of aromatic nitrogens is 3. The van der Waals surface area contributed by atoms with Crippen molar-refractivity contribution in [3.63, 3.8) is 0 Å². The number of pyridine rings is 1. The summed E-state index contributed by atoms with van der Waals surface area (Å²) in [6, 6.07) is 12.9. The van der Waals surface area contributed by atoms with Crippen molar-refractivity contribution in [2.75, 3.05) is 13.1 Å². The average molecular weight is 422 g/mol. The van der Waals surface area contributed by atoms with Gasteiger partial charge in [-0.15, -0.1) is 0 Å². The molecule has 0 unspecified atom stereocenters. The Morgan fingerprint density at radius 3 is 2.84 bits per heavy atom. The lowest BCUT2D eigenvalue weighted by Gasteiger charge is -2.23. The lowest BCUT2D eigenvalue weighted by Crippen LogP contribution is -2.40. The zero-order valence-corrected chi connectivity index (χ0v) is 17.1. The Labute approximate surface area is 178 Å². The molecule has 4 rings (SSSR count). The number of ether oxygens (including phenoxy) is 1. The molecule has 1 saturated heterocycles. The monoisotopic (exact) mass is 422 g/mol. The van der Waals surface area contributed by atoms with Gasteiger partial charge in [0.2, 0.25) is 0 Å². The molecule has 1 aromatic carbocycles. The van der Waals surface area contributed by atoms with Crippen LogP contribution in [0, 0.1) is 5.82 Å². The summed E-state index contributed by atoms with van der Waals surface area (Å²) in [7, 11) is 0. The van der Waals surface area contributed by atoms with Gasteiger partial charge in [0.15, 0.2) is 23.5 Å². The minimum Gasteiger partial charge on any atom is -0.478 e. The molecule has 1 aliphatic rings. The summed E-state index contributed by atoms with van der Waals surface area (Å²) in [6.07, 6.45) is 1.96.